The molecule has 146 valence electrons. The highest BCUT2D eigenvalue weighted by atomic mass is 16.2. The van der Waals surface area contributed by atoms with E-state index >= 15 is 0 Å². The van der Waals surface area contributed by atoms with Gasteiger partial charge in [0.2, 0.25) is 5.91 Å². The Morgan fingerprint density at radius 2 is 1.89 bits per heavy atom. The van der Waals surface area contributed by atoms with Gasteiger partial charge < -0.3 is 14.8 Å². The number of carbonyl (C=O) groups excluding carboxylic acids is 2. The average molecular weight is 371 g/mol. The van der Waals surface area contributed by atoms with E-state index in [2.05, 4.69) is 9.88 Å². The van der Waals surface area contributed by atoms with Gasteiger partial charge in [0.05, 0.1) is 5.41 Å². The summed E-state index contributed by atoms with van der Waals surface area (Å²) in [5.74, 6) is -0.00974. The minimum absolute atomic E-state index is 0.171. The van der Waals surface area contributed by atoms with Gasteiger partial charge in [-0.15, -0.1) is 0 Å². The first-order valence-electron chi connectivity index (χ1n) is 10.3. The summed E-state index contributed by atoms with van der Waals surface area (Å²) in [6, 6.07) is 1.84. The normalized spacial score (nSPS) is 26.8. The lowest BCUT2D eigenvalue weighted by atomic mass is 9.77. The Hall–Kier alpha value is -2.11. The van der Waals surface area contributed by atoms with E-state index < -0.39 is 5.41 Å². The summed E-state index contributed by atoms with van der Waals surface area (Å²) < 4.78 is 0. The van der Waals surface area contributed by atoms with Gasteiger partial charge in [0.1, 0.15) is 5.56 Å². The van der Waals surface area contributed by atoms with Crippen LogP contribution in [0.4, 0.5) is 0 Å². The molecule has 6 heteroatoms. The lowest BCUT2D eigenvalue weighted by Gasteiger charge is -2.44. The van der Waals surface area contributed by atoms with Gasteiger partial charge >= 0.3 is 0 Å². The van der Waals surface area contributed by atoms with E-state index in [1.807, 2.05) is 0 Å². The van der Waals surface area contributed by atoms with Crippen LogP contribution in [0.3, 0.4) is 0 Å². The van der Waals surface area contributed by atoms with Gasteiger partial charge in [-0.25, -0.2) is 0 Å². The van der Waals surface area contributed by atoms with Crippen molar-refractivity contribution < 1.29 is 9.59 Å². The summed E-state index contributed by atoms with van der Waals surface area (Å²) in [6.45, 7) is 3.65. The second kappa shape index (κ2) is 7.13. The van der Waals surface area contributed by atoms with Crippen molar-refractivity contribution in [3.05, 3.63) is 33.7 Å². The first kappa shape index (κ1) is 18.3. The Kier molecular flexibility index (Phi) is 4.82. The minimum atomic E-state index is -0.442. The van der Waals surface area contributed by atoms with Crippen molar-refractivity contribution in [1.29, 1.82) is 0 Å². The van der Waals surface area contributed by atoms with Crippen LogP contribution in [-0.2, 0) is 4.79 Å². The van der Waals surface area contributed by atoms with Crippen LogP contribution in [0.5, 0.6) is 0 Å². The predicted molar refractivity (Wildman–Crippen MR) is 103 cm³/mol. The third-order valence-electron chi connectivity index (χ3n) is 6.71. The van der Waals surface area contributed by atoms with Crippen molar-refractivity contribution in [3.8, 4) is 0 Å². The maximum absolute atomic E-state index is 13.4. The Morgan fingerprint density at radius 1 is 1.11 bits per heavy atom. The number of hydrogen-bond donors (Lipinski definition) is 1. The highest BCUT2D eigenvalue weighted by molar-refractivity contribution is 5.95. The molecule has 0 unspecified atom stereocenters. The standard InChI is InChI=1S/C21H29N3O3/c1-15-12-18(25)17(13-22-15)19(26)23-11-9-21(14-23)8-5-10-24(20(21)27)16-6-3-2-4-7-16/h12-13,16H,2-11,14H2,1H3,(H,22,25)/t21-/m0/s1. The van der Waals surface area contributed by atoms with E-state index in [9.17, 15) is 14.4 Å². The summed E-state index contributed by atoms with van der Waals surface area (Å²) in [5, 5.41) is 0. The molecule has 0 aromatic carbocycles. The summed E-state index contributed by atoms with van der Waals surface area (Å²) in [4.78, 5) is 45.2. The highest BCUT2D eigenvalue weighted by Gasteiger charge is 2.50. The van der Waals surface area contributed by atoms with E-state index in [1.54, 1.807) is 11.8 Å². The van der Waals surface area contributed by atoms with Gasteiger partial charge in [0.15, 0.2) is 5.43 Å². The zero-order valence-corrected chi connectivity index (χ0v) is 16.1. The number of piperidine rings is 1. The average Bonchev–Trinajstić information content (AvgIpc) is 3.09. The molecule has 2 amide bonds. The summed E-state index contributed by atoms with van der Waals surface area (Å²) >= 11 is 0. The molecule has 3 heterocycles. The van der Waals surface area contributed by atoms with Crippen molar-refractivity contribution in [2.45, 2.75) is 64.3 Å². The molecule has 1 aromatic heterocycles. The third kappa shape index (κ3) is 3.30. The molecule has 1 saturated carbocycles. The molecule has 0 radical (unpaired) electrons. The largest absolute Gasteiger partial charge is 0.364 e. The molecule has 1 atom stereocenters. The zero-order chi connectivity index (χ0) is 19.0. The number of likely N-dealkylation sites (tertiary alicyclic amines) is 2. The van der Waals surface area contributed by atoms with Crippen LogP contribution in [0.25, 0.3) is 0 Å². The molecule has 3 fully saturated rings. The second-order valence-corrected chi connectivity index (χ2v) is 8.54. The molecule has 2 saturated heterocycles. The van der Waals surface area contributed by atoms with Crippen LogP contribution in [0.15, 0.2) is 17.1 Å². The Bertz CT molecular complexity index is 796. The van der Waals surface area contributed by atoms with Crippen LogP contribution >= 0.6 is 0 Å². The lowest BCUT2D eigenvalue weighted by Crippen LogP contribution is -2.54. The molecule has 1 N–H and O–H groups in total. The monoisotopic (exact) mass is 371 g/mol. The van der Waals surface area contributed by atoms with Crippen molar-refractivity contribution in [1.82, 2.24) is 14.8 Å². The number of hydrogen-bond acceptors (Lipinski definition) is 3. The highest BCUT2D eigenvalue weighted by Crippen LogP contribution is 2.42. The van der Waals surface area contributed by atoms with Crippen molar-refractivity contribution in [3.63, 3.8) is 0 Å². The maximum Gasteiger partial charge on any atom is 0.259 e. The second-order valence-electron chi connectivity index (χ2n) is 8.54. The fraction of sp³-hybridized carbons (Fsp3) is 0.667. The molecule has 1 aliphatic carbocycles. The summed E-state index contributed by atoms with van der Waals surface area (Å²) in [5.41, 5.74) is 0.212. The topological polar surface area (TPSA) is 73.5 Å². The Balaban J connectivity index is 1.51. The van der Waals surface area contributed by atoms with Gasteiger partial charge in [0.25, 0.3) is 5.91 Å². The molecule has 1 spiro atoms. The number of pyridine rings is 1. The van der Waals surface area contributed by atoms with Crippen molar-refractivity contribution in [2.24, 2.45) is 5.41 Å². The maximum atomic E-state index is 13.4. The number of nitrogens with zero attached hydrogens (tertiary/aromatic N) is 2. The minimum Gasteiger partial charge on any atom is -0.364 e. The van der Waals surface area contributed by atoms with E-state index in [4.69, 9.17) is 0 Å². The first-order valence-corrected chi connectivity index (χ1v) is 10.3. The molecular weight excluding hydrogens is 342 g/mol. The smallest absolute Gasteiger partial charge is 0.259 e. The lowest BCUT2D eigenvalue weighted by molar-refractivity contribution is -0.149. The fourth-order valence-corrected chi connectivity index (χ4v) is 5.18. The SMILES string of the molecule is Cc1cc(=O)c(C(=O)N2CC[C@@]3(CCCN(C4CCCCC4)C3=O)C2)c[nH]1. The van der Waals surface area contributed by atoms with Gasteiger partial charge in [0, 0.05) is 43.6 Å². The number of rotatable bonds is 2. The zero-order valence-electron chi connectivity index (χ0n) is 16.1. The van der Waals surface area contributed by atoms with Crippen molar-refractivity contribution in [2.75, 3.05) is 19.6 Å². The number of nitrogens with one attached hydrogen (secondary N) is 1. The number of aromatic nitrogens is 1. The molecule has 27 heavy (non-hydrogen) atoms. The predicted octanol–water partition coefficient (Wildman–Crippen LogP) is 2.47. The number of aromatic amines is 1. The summed E-state index contributed by atoms with van der Waals surface area (Å²) in [7, 11) is 0. The molecule has 1 aromatic rings. The molecule has 0 bridgehead atoms. The van der Waals surface area contributed by atoms with E-state index in [0.29, 0.717) is 25.6 Å². The molecular formula is C21H29N3O3. The van der Waals surface area contributed by atoms with Crippen LogP contribution in [0.1, 0.15) is 67.4 Å². The number of H-pyrrole nitrogens is 1. The number of aryl methyl sites for hydroxylation is 1. The summed E-state index contributed by atoms with van der Waals surface area (Å²) in [6.07, 6.45) is 10.00. The molecule has 6 nitrogen and oxygen atoms in total. The van der Waals surface area contributed by atoms with Crippen LogP contribution in [-0.4, -0.2) is 52.3 Å². The number of carbonyl (C=O) groups is 2. The van der Waals surface area contributed by atoms with Gasteiger partial charge in [-0.05, 0) is 39.0 Å². The van der Waals surface area contributed by atoms with Crippen LogP contribution < -0.4 is 5.43 Å². The van der Waals surface area contributed by atoms with Crippen molar-refractivity contribution >= 4 is 11.8 Å². The number of amides is 2. The van der Waals surface area contributed by atoms with Gasteiger partial charge in [-0.1, -0.05) is 19.3 Å². The Morgan fingerprint density at radius 3 is 2.63 bits per heavy atom. The van der Waals surface area contributed by atoms with E-state index in [0.717, 1.165) is 37.9 Å². The van der Waals surface area contributed by atoms with E-state index in [1.165, 1.54) is 31.5 Å². The molecule has 4 rings (SSSR count). The first-order chi connectivity index (χ1) is 13.0. The quantitative estimate of drug-likeness (QED) is 0.868. The van der Waals surface area contributed by atoms with Gasteiger partial charge in [-0.3, -0.25) is 14.4 Å². The molecule has 2 aliphatic heterocycles. The molecule has 3 aliphatic rings. The van der Waals surface area contributed by atoms with E-state index in [-0.39, 0.29) is 22.8 Å². The fourth-order valence-electron chi connectivity index (χ4n) is 5.18. The van der Waals surface area contributed by atoms with Crippen LogP contribution in [0, 0.1) is 12.3 Å². The third-order valence-corrected chi connectivity index (χ3v) is 6.71. The Labute approximate surface area is 159 Å². The van der Waals surface area contributed by atoms with Crippen LogP contribution in [0.2, 0.25) is 0 Å². The van der Waals surface area contributed by atoms with Gasteiger partial charge in [-0.2, -0.15) is 0 Å².